The van der Waals surface area contributed by atoms with Gasteiger partial charge in [0, 0.05) is 19.2 Å². The summed E-state index contributed by atoms with van der Waals surface area (Å²) in [5.41, 5.74) is 0.214. The van der Waals surface area contributed by atoms with E-state index in [1.54, 1.807) is 6.92 Å². The topological polar surface area (TPSA) is 116 Å². The molecule has 1 aromatic carbocycles. The first-order valence-corrected chi connectivity index (χ1v) is 8.54. The Kier molecular flexibility index (Phi) is 6.79. The predicted octanol–water partition coefficient (Wildman–Crippen LogP) is 1.26. The fourth-order valence-electron chi connectivity index (χ4n) is 1.74. The van der Waals surface area contributed by atoms with E-state index in [0.717, 1.165) is 6.07 Å². The van der Waals surface area contributed by atoms with E-state index in [4.69, 9.17) is 10.2 Å². The van der Waals surface area contributed by atoms with Crippen LogP contribution in [0, 0.1) is 0 Å². The minimum Gasteiger partial charge on any atom is -0.478 e. The third-order valence-electron chi connectivity index (χ3n) is 3.14. The minimum atomic E-state index is -3.83. The number of anilines is 1. The van der Waals surface area contributed by atoms with Crippen LogP contribution in [0.25, 0.3) is 0 Å². The van der Waals surface area contributed by atoms with Crippen LogP contribution in [0.1, 0.15) is 37.0 Å². The lowest BCUT2D eigenvalue weighted by atomic mass is 10.2. The van der Waals surface area contributed by atoms with Gasteiger partial charge in [-0.05, 0) is 38.0 Å². The van der Waals surface area contributed by atoms with Crippen molar-refractivity contribution in [1.29, 1.82) is 0 Å². The van der Waals surface area contributed by atoms with Crippen LogP contribution >= 0.6 is 0 Å². The van der Waals surface area contributed by atoms with Gasteiger partial charge >= 0.3 is 5.97 Å². The van der Waals surface area contributed by atoms with Crippen molar-refractivity contribution in [2.24, 2.45) is 0 Å². The molecule has 0 aliphatic heterocycles. The minimum absolute atomic E-state index is 0.0204. The van der Waals surface area contributed by atoms with Crippen LogP contribution in [0.5, 0.6) is 0 Å². The van der Waals surface area contributed by atoms with Crippen LogP contribution in [-0.4, -0.2) is 43.8 Å². The quantitative estimate of drug-likeness (QED) is 0.507. The SMILES string of the molecule is CC[C@@H](C)NS(=O)(=O)c1cc(C(=O)O)ccc1NCCCO. The molecule has 124 valence electrons. The number of aliphatic hydroxyl groups is 1. The van der Waals surface area contributed by atoms with E-state index in [2.05, 4.69) is 10.0 Å². The number of carboxylic acids is 1. The summed E-state index contributed by atoms with van der Waals surface area (Å²) < 4.78 is 27.4. The Morgan fingerprint density at radius 2 is 2.05 bits per heavy atom. The van der Waals surface area contributed by atoms with Crippen LogP contribution in [0.15, 0.2) is 23.1 Å². The van der Waals surface area contributed by atoms with Gasteiger partial charge in [-0.1, -0.05) is 6.92 Å². The van der Waals surface area contributed by atoms with Gasteiger partial charge in [0.25, 0.3) is 0 Å². The molecule has 0 aliphatic rings. The van der Waals surface area contributed by atoms with Crippen LogP contribution in [0.2, 0.25) is 0 Å². The molecule has 0 bridgehead atoms. The van der Waals surface area contributed by atoms with Crippen LogP contribution < -0.4 is 10.0 Å². The van der Waals surface area contributed by atoms with E-state index in [-0.39, 0.29) is 23.1 Å². The number of sulfonamides is 1. The van der Waals surface area contributed by atoms with Gasteiger partial charge in [-0.15, -0.1) is 0 Å². The number of hydrogen-bond donors (Lipinski definition) is 4. The maximum absolute atomic E-state index is 12.4. The number of carboxylic acid groups (broad SMARTS) is 1. The lowest BCUT2D eigenvalue weighted by Crippen LogP contribution is -2.32. The van der Waals surface area contributed by atoms with Gasteiger partial charge in [0.1, 0.15) is 4.90 Å². The third kappa shape index (κ3) is 4.97. The van der Waals surface area contributed by atoms with E-state index < -0.39 is 16.0 Å². The molecule has 0 fully saturated rings. The maximum atomic E-state index is 12.4. The highest BCUT2D eigenvalue weighted by Crippen LogP contribution is 2.23. The maximum Gasteiger partial charge on any atom is 0.335 e. The summed E-state index contributed by atoms with van der Waals surface area (Å²) in [6, 6.07) is 3.63. The lowest BCUT2D eigenvalue weighted by molar-refractivity contribution is 0.0696. The lowest BCUT2D eigenvalue weighted by Gasteiger charge is -2.16. The standard InChI is InChI=1S/C14H22N2O5S/c1-3-10(2)16-22(20,21)13-9-11(14(18)19)5-6-12(13)15-7-4-8-17/h5-6,9-10,15-17H,3-4,7-8H2,1-2H3,(H,18,19)/t10-/m1/s1. The van der Waals surface area contributed by atoms with Crippen molar-refractivity contribution >= 4 is 21.7 Å². The Bertz CT molecular complexity index is 616. The summed E-state index contributed by atoms with van der Waals surface area (Å²) in [4.78, 5) is 11.0. The van der Waals surface area contributed by atoms with Crippen LogP contribution in [0.3, 0.4) is 0 Å². The van der Waals surface area contributed by atoms with E-state index in [9.17, 15) is 13.2 Å². The highest BCUT2D eigenvalue weighted by Gasteiger charge is 2.22. The van der Waals surface area contributed by atoms with Crippen molar-refractivity contribution in [2.75, 3.05) is 18.5 Å². The molecular formula is C14H22N2O5S. The zero-order chi connectivity index (χ0) is 16.8. The Labute approximate surface area is 130 Å². The van der Waals surface area contributed by atoms with Gasteiger partial charge < -0.3 is 15.5 Å². The van der Waals surface area contributed by atoms with Gasteiger partial charge in [-0.25, -0.2) is 17.9 Å². The number of benzene rings is 1. The van der Waals surface area contributed by atoms with Gasteiger partial charge in [-0.2, -0.15) is 0 Å². The van der Waals surface area contributed by atoms with Crippen LogP contribution in [0.4, 0.5) is 5.69 Å². The molecule has 1 atom stereocenters. The summed E-state index contributed by atoms with van der Waals surface area (Å²) in [7, 11) is -3.83. The normalized spacial score (nSPS) is 12.9. The van der Waals surface area contributed by atoms with E-state index >= 15 is 0 Å². The number of carbonyl (C=O) groups is 1. The molecule has 0 heterocycles. The second-order valence-electron chi connectivity index (χ2n) is 4.95. The molecule has 1 aromatic rings. The molecule has 22 heavy (non-hydrogen) atoms. The Balaban J connectivity index is 3.21. The van der Waals surface area contributed by atoms with Crippen molar-refractivity contribution in [3.63, 3.8) is 0 Å². The second-order valence-corrected chi connectivity index (χ2v) is 6.63. The van der Waals surface area contributed by atoms with Gasteiger partial charge in [0.2, 0.25) is 10.0 Å². The fraction of sp³-hybridized carbons (Fsp3) is 0.500. The highest BCUT2D eigenvalue weighted by atomic mass is 32.2. The first-order valence-electron chi connectivity index (χ1n) is 7.06. The van der Waals surface area contributed by atoms with Crippen molar-refractivity contribution in [1.82, 2.24) is 4.72 Å². The second kappa shape index (κ2) is 8.11. The van der Waals surface area contributed by atoms with E-state index in [1.165, 1.54) is 12.1 Å². The molecule has 0 aliphatic carbocycles. The predicted molar refractivity (Wildman–Crippen MR) is 83.7 cm³/mol. The van der Waals surface area contributed by atoms with Crippen molar-refractivity contribution in [3.8, 4) is 0 Å². The fourth-order valence-corrected chi connectivity index (χ4v) is 3.27. The molecule has 0 spiro atoms. The molecule has 0 saturated carbocycles. The highest BCUT2D eigenvalue weighted by molar-refractivity contribution is 7.89. The average Bonchev–Trinajstić information content (AvgIpc) is 2.46. The summed E-state index contributed by atoms with van der Waals surface area (Å²) in [6.45, 7) is 3.95. The number of nitrogens with one attached hydrogen (secondary N) is 2. The zero-order valence-corrected chi connectivity index (χ0v) is 13.5. The molecular weight excluding hydrogens is 308 g/mol. The van der Waals surface area contributed by atoms with Gasteiger partial charge in [-0.3, -0.25) is 0 Å². The molecule has 0 unspecified atom stereocenters. The number of hydrogen-bond acceptors (Lipinski definition) is 5. The van der Waals surface area contributed by atoms with E-state index in [1.807, 2.05) is 6.92 Å². The number of aromatic carboxylic acids is 1. The number of aliphatic hydroxyl groups excluding tert-OH is 1. The smallest absolute Gasteiger partial charge is 0.335 e. The summed E-state index contributed by atoms with van der Waals surface area (Å²) in [5, 5.41) is 20.7. The monoisotopic (exact) mass is 330 g/mol. The molecule has 0 amide bonds. The molecule has 0 aromatic heterocycles. The largest absolute Gasteiger partial charge is 0.478 e. The Morgan fingerprint density at radius 3 is 2.59 bits per heavy atom. The molecule has 8 heteroatoms. The molecule has 0 saturated heterocycles. The van der Waals surface area contributed by atoms with E-state index in [0.29, 0.717) is 25.1 Å². The third-order valence-corrected chi connectivity index (χ3v) is 4.77. The van der Waals surface area contributed by atoms with Gasteiger partial charge in [0.05, 0.1) is 11.3 Å². The molecule has 4 N–H and O–H groups in total. The van der Waals surface area contributed by atoms with Crippen molar-refractivity contribution in [2.45, 2.75) is 37.6 Å². The first kappa shape index (κ1) is 18.4. The average molecular weight is 330 g/mol. The molecule has 1 rings (SSSR count). The van der Waals surface area contributed by atoms with Crippen LogP contribution in [-0.2, 0) is 10.0 Å². The Morgan fingerprint density at radius 1 is 1.36 bits per heavy atom. The molecule has 0 radical (unpaired) electrons. The van der Waals surface area contributed by atoms with Gasteiger partial charge in [0.15, 0.2) is 0 Å². The first-order chi connectivity index (χ1) is 10.3. The summed E-state index contributed by atoms with van der Waals surface area (Å²) in [5.74, 6) is -1.19. The molecule has 7 nitrogen and oxygen atoms in total. The zero-order valence-electron chi connectivity index (χ0n) is 12.7. The van der Waals surface area contributed by atoms with Crippen molar-refractivity contribution < 1.29 is 23.4 Å². The number of rotatable bonds is 9. The summed E-state index contributed by atoms with van der Waals surface area (Å²) >= 11 is 0. The summed E-state index contributed by atoms with van der Waals surface area (Å²) in [6.07, 6.45) is 1.07. The van der Waals surface area contributed by atoms with Crippen molar-refractivity contribution in [3.05, 3.63) is 23.8 Å². The Hall–Kier alpha value is -1.64.